The summed E-state index contributed by atoms with van der Waals surface area (Å²) in [6, 6.07) is 0. The quantitative estimate of drug-likeness (QED) is 0.264. The van der Waals surface area contributed by atoms with E-state index in [-0.39, 0.29) is 23.6 Å². The molecular weight excluding hydrogens is 359 g/mol. The molecular formula is C20H32ClFO4. The molecule has 0 aromatic heterocycles. The molecule has 150 valence electrons. The second-order valence-electron chi connectivity index (χ2n) is 7.09. The van der Waals surface area contributed by atoms with Crippen LogP contribution in [0.3, 0.4) is 0 Å². The zero-order valence-electron chi connectivity index (χ0n) is 15.4. The van der Waals surface area contributed by atoms with Crippen LogP contribution in [0.15, 0.2) is 24.3 Å². The summed E-state index contributed by atoms with van der Waals surface area (Å²) in [6.07, 6.45) is 8.54. The van der Waals surface area contributed by atoms with Gasteiger partial charge in [-0.3, -0.25) is 4.79 Å². The maximum atomic E-state index is 13.9. The fraction of sp³-hybridized carbons (Fsp3) is 0.750. The minimum atomic E-state index is -1.29. The number of aliphatic hydroxyl groups is 2. The van der Waals surface area contributed by atoms with Crippen LogP contribution in [0.5, 0.6) is 0 Å². The van der Waals surface area contributed by atoms with Crippen LogP contribution in [-0.2, 0) is 4.79 Å². The first-order valence-electron chi connectivity index (χ1n) is 9.56. The van der Waals surface area contributed by atoms with Crippen LogP contribution < -0.4 is 0 Å². The molecule has 0 bridgehead atoms. The van der Waals surface area contributed by atoms with Gasteiger partial charge in [-0.25, -0.2) is 4.39 Å². The second kappa shape index (κ2) is 12.5. The van der Waals surface area contributed by atoms with Gasteiger partial charge >= 0.3 is 5.97 Å². The average Bonchev–Trinajstić information content (AvgIpc) is 2.86. The largest absolute Gasteiger partial charge is 0.481 e. The van der Waals surface area contributed by atoms with E-state index in [2.05, 4.69) is 0 Å². The first kappa shape index (κ1) is 23.1. The van der Waals surface area contributed by atoms with E-state index in [0.717, 1.165) is 12.8 Å². The molecule has 1 aliphatic rings. The number of alkyl halides is 2. The number of halogens is 2. The van der Waals surface area contributed by atoms with Crippen LogP contribution >= 0.6 is 11.6 Å². The lowest BCUT2D eigenvalue weighted by Crippen LogP contribution is -2.22. The third-order valence-corrected chi connectivity index (χ3v) is 5.44. The van der Waals surface area contributed by atoms with Gasteiger partial charge in [0.15, 0.2) is 0 Å². The van der Waals surface area contributed by atoms with E-state index in [9.17, 15) is 19.4 Å². The van der Waals surface area contributed by atoms with Crippen LogP contribution in [0.2, 0.25) is 0 Å². The van der Waals surface area contributed by atoms with E-state index in [1.807, 2.05) is 19.1 Å². The molecule has 0 saturated heterocycles. The van der Waals surface area contributed by atoms with E-state index in [1.165, 1.54) is 6.08 Å². The van der Waals surface area contributed by atoms with Crippen molar-refractivity contribution in [2.75, 3.05) is 0 Å². The van der Waals surface area contributed by atoms with Crippen LogP contribution in [0.25, 0.3) is 0 Å². The van der Waals surface area contributed by atoms with Gasteiger partial charge in [0.1, 0.15) is 12.3 Å². The summed E-state index contributed by atoms with van der Waals surface area (Å²) in [4.78, 5) is 10.5. The smallest absolute Gasteiger partial charge is 0.303 e. The highest BCUT2D eigenvalue weighted by Crippen LogP contribution is 2.39. The van der Waals surface area contributed by atoms with Gasteiger partial charge < -0.3 is 15.3 Å². The number of carboxylic acids is 1. The number of hydrogen-bond acceptors (Lipinski definition) is 3. The zero-order chi connectivity index (χ0) is 19.5. The van der Waals surface area contributed by atoms with Crippen molar-refractivity contribution in [2.45, 2.75) is 82.0 Å². The number of aliphatic carboxylic acids is 1. The van der Waals surface area contributed by atoms with Gasteiger partial charge in [0.25, 0.3) is 0 Å². The van der Waals surface area contributed by atoms with E-state index >= 15 is 0 Å². The monoisotopic (exact) mass is 390 g/mol. The Morgan fingerprint density at radius 1 is 1.35 bits per heavy atom. The fourth-order valence-corrected chi connectivity index (χ4v) is 3.79. The molecule has 26 heavy (non-hydrogen) atoms. The van der Waals surface area contributed by atoms with E-state index in [4.69, 9.17) is 16.7 Å². The molecule has 3 N–H and O–H groups in total. The van der Waals surface area contributed by atoms with Gasteiger partial charge in [-0.1, -0.05) is 44.1 Å². The van der Waals surface area contributed by atoms with Crippen molar-refractivity contribution in [3.8, 4) is 0 Å². The molecule has 0 radical (unpaired) electrons. The molecule has 0 aromatic rings. The molecule has 0 aliphatic heterocycles. The number of unbranched alkanes of at least 4 members (excludes halogenated alkanes) is 2. The number of hydrogen-bond donors (Lipinski definition) is 3. The Morgan fingerprint density at radius 2 is 2.08 bits per heavy atom. The van der Waals surface area contributed by atoms with E-state index < -0.39 is 24.3 Å². The van der Waals surface area contributed by atoms with Crippen LogP contribution in [0, 0.1) is 11.8 Å². The molecule has 6 atom stereocenters. The molecule has 6 heteroatoms. The number of carbonyl (C=O) groups is 1. The summed E-state index contributed by atoms with van der Waals surface area (Å²) in [7, 11) is 0. The number of rotatable bonds is 12. The average molecular weight is 391 g/mol. The third kappa shape index (κ3) is 8.19. The minimum Gasteiger partial charge on any atom is -0.481 e. The van der Waals surface area contributed by atoms with Crippen molar-refractivity contribution in [3.05, 3.63) is 24.3 Å². The summed E-state index contributed by atoms with van der Waals surface area (Å²) < 4.78 is 13.9. The van der Waals surface area contributed by atoms with E-state index in [0.29, 0.717) is 32.1 Å². The standard InChI is InChI=1S/C20H32ClFO4/c1-2-3-9-17(22)18(23)12-11-15-14(16(21)13-19(15)24)8-6-4-5-7-10-20(25)26/h4,6,11-12,14-19,23-24H,2-3,5,7-10,13H2,1H3,(H,25,26)/b6-4-,12-11+/t14-,15-,16-,17?,18-,19-/m1/s1. The maximum absolute atomic E-state index is 13.9. The molecule has 0 amide bonds. The Kier molecular flexibility index (Phi) is 11.1. The molecule has 0 aromatic carbocycles. The van der Waals surface area contributed by atoms with Gasteiger partial charge in [-0.15, -0.1) is 11.6 Å². The summed E-state index contributed by atoms with van der Waals surface area (Å²) in [6.45, 7) is 1.98. The highest BCUT2D eigenvalue weighted by atomic mass is 35.5. The highest BCUT2D eigenvalue weighted by Gasteiger charge is 2.39. The Labute approximate surface area is 160 Å². The van der Waals surface area contributed by atoms with Gasteiger partial charge in [-0.05, 0) is 38.0 Å². The number of allylic oxidation sites excluding steroid dienone is 2. The summed E-state index contributed by atoms with van der Waals surface area (Å²) in [5, 5.41) is 28.6. The van der Waals surface area contributed by atoms with Crippen molar-refractivity contribution in [3.63, 3.8) is 0 Å². The van der Waals surface area contributed by atoms with Crippen LogP contribution in [-0.4, -0.2) is 45.0 Å². The number of aliphatic hydroxyl groups excluding tert-OH is 2. The Morgan fingerprint density at radius 3 is 2.73 bits per heavy atom. The fourth-order valence-electron chi connectivity index (χ4n) is 3.34. The highest BCUT2D eigenvalue weighted by molar-refractivity contribution is 6.21. The van der Waals surface area contributed by atoms with Gasteiger partial charge in [0.05, 0.1) is 6.10 Å². The summed E-state index contributed by atoms with van der Waals surface area (Å²) in [5.41, 5.74) is 0. The van der Waals surface area contributed by atoms with Crippen molar-refractivity contribution in [1.29, 1.82) is 0 Å². The minimum absolute atomic E-state index is 0.0135. The molecule has 1 unspecified atom stereocenters. The van der Waals surface area contributed by atoms with Gasteiger partial charge in [0.2, 0.25) is 0 Å². The molecule has 0 heterocycles. The Balaban J connectivity index is 2.54. The predicted molar refractivity (Wildman–Crippen MR) is 102 cm³/mol. The first-order chi connectivity index (χ1) is 12.4. The SMILES string of the molecule is CCCCC(F)[C@H](O)/C=C/[C@@H]1[C@@H](C/C=C\CCCC(=O)O)[C@H](Cl)C[C@H]1O. The van der Waals surface area contributed by atoms with Gasteiger partial charge in [0, 0.05) is 17.7 Å². The van der Waals surface area contributed by atoms with Crippen LogP contribution in [0.1, 0.15) is 58.3 Å². The predicted octanol–water partition coefficient (Wildman–Crippen LogP) is 4.24. The molecule has 0 spiro atoms. The lowest BCUT2D eigenvalue weighted by Gasteiger charge is -2.20. The van der Waals surface area contributed by atoms with Crippen LogP contribution in [0.4, 0.5) is 4.39 Å². The maximum Gasteiger partial charge on any atom is 0.303 e. The van der Waals surface area contributed by atoms with Crippen molar-refractivity contribution >= 4 is 17.6 Å². The van der Waals surface area contributed by atoms with E-state index in [1.54, 1.807) is 6.08 Å². The lowest BCUT2D eigenvalue weighted by atomic mass is 9.90. The third-order valence-electron chi connectivity index (χ3n) is 4.94. The lowest BCUT2D eigenvalue weighted by molar-refractivity contribution is -0.137. The Bertz CT molecular complexity index is 469. The summed E-state index contributed by atoms with van der Waals surface area (Å²) >= 11 is 6.35. The molecule has 4 nitrogen and oxygen atoms in total. The normalized spacial score (nSPS) is 28.8. The van der Waals surface area contributed by atoms with Gasteiger partial charge in [-0.2, -0.15) is 0 Å². The molecule has 1 fully saturated rings. The number of carboxylic acid groups (broad SMARTS) is 1. The zero-order valence-corrected chi connectivity index (χ0v) is 16.2. The first-order valence-corrected chi connectivity index (χ1v) is 9.99. The van der Waals surface area contributed by atoms with Crippen molar-refractivity contribution in [1.82, 2.24) is 0 Å². The molecule has 1 saturated carbocycles. The van der Waals surface area contributed by atoms with Crippen molar-refractivity contribution in [2.24, 2.45) is 11.8 Å². The topological polar surface area (TPSA) is 77.8 Å². The summed E-state index contributed by atoms with van der Waals surface area (Å²) in [5.74, 6) is -0.999. The molecule has 1 rings (SSSR count). The Hall–Kier alpha value is -0.910. The molecule has 1 aliphatic carbocycles. The van der Waals surface area contributed by atoms with Crippen molar-refractivity contribution < 1.29 is 24.5 Å². The second-order valence-corrected chi connectivity index (χ2v) is 7.65.